The van der Waals surface area contributed by atoms with Crippen LogP contribution < -0.4 is 5.73 Å². The molecule has 1 aliphatic rings. The Kier molecular flexibility index (Phi) is 3.80. The molecule has 0 bridgehead atoms. The van der Waals surface area contributed by atoms with Gasteiger partial charge in [0.05, 0.1) is 12.2 Å². The van der Waals surface area contributed by atoms with Crippen molar-refractivity contribution >= 4 is 11.5 Å². The molecule has 19 heavy (non-hydrogen) atoms. The normalized spacial score (nSPS) is 20.3. The van der Waals surface area contributed by atoms with E-state index in [0.29, 0.717) is 19.6 Å². The minimum Gasteiger partial charge on any atom is -0.398 e. The Labute approximate surface area is 108 Å². The van der Waals surface area contributed by atoms with E-state index in [1.165, 1.54) is 0 Å². The lowest BCUT2D eigenvalue weighted by Crippen LogP contribution is -2.26. The largest absolute Gasteiger partial charge is 0.416 e. The van der Waals surface area contributed by atoms with Crippen LogP contribution >= 0.6 is 0 Å². The number of ketones is 1. The molecule has 0 saturated carbocycles. The van der Waals surface area contributed by atoms with Gasteiger partial charge in [0.15, 0.2) is 5.78 Å². The van der Waals surface area contributed by atoms with Crippen LogP contribution in [0.4, 0.5) is 18.9 Å². The number of nitrogen functional groups attached to an aromatic ring is 1. The van der Waals surface area contributed by atoms with E-state index in [1.807, 2.05) is 0 Å². The van der Waals surface area contributed by atoms with Gasteiger partial charge >= 0.3 is 6.18 Å². The van der Waals surface area contributed by atoms with Gasteiger partial charge in [-0.3, -0.25) is 4.79 Å². The Morgan fingerprint density at radius 2 is 2.11 bits per heavy atom. The highest BCUT2D eigenvalue weighted by atomic mass is 19.4. The standard InChI is InChI=1S/C13H14F3NO2/c14-13(15,16)9-3-4-10(11(17)6-9)12(18)8-2-1-5-19-7-8/h3-4,6,8H,1-2,5,7,17H2. The van der Waals surface area contributed by atoms with Gasteiger partial charge in [-0.05, 0) is 31.0 Å². The summed E-state index contributed by atoms with van der Waals surface area (Å²) in [6, 6.07) is 2.83. The van der Waals surface area contributed by atoms with Gasteiger partial charge in [-0.2, -0.15) is 13.2 Å². The second-order valence-electron chi connectivity index (χ2n) is 4.58. The molecule has 0 aromatic heterocycles. The minimum absolute atomic E-state index is 0.134. The number of Topliss-reactive ketones (excluding diaryl/α,β-unsaturated/α-hetero) is 1. The van der Waals surface area contributed by atoms with Crippen molar-refractivity contribution in [2.75, 3.05) is 18.9 Å². The van der Waals surface area contributed by atoms with Gasteiger partial charge in [-0.1, -0.05) is 0 Å². The molecule has 2 N–H and O–H groups in total. The molecule has 104 valence electrons. The topological polar surface area (TPSA) is 52.3 Å². The fourth-order valence-electron chi connectivity index (χ4n) is 2.13. The zero-order valence-corrected chi connectivity index (χ0v) is 10.2. The summed E-state index contributed by atoms with van der Waals surface area (Å²) in [5.41, 5.74) is 4.73. The van der Waals surface area contributed by atoms with Gasteiger partial charge in [0, 0.05) is 23.8 Å². The first kappa shape index (κ1) is 13.9. The number of hydrogen-bond acceptors (Lipinski definition) is 3. The third kappa shape index (κ3) is 3.07. The molecule has 2 rings (SSSR count). The third-order valence-corrected chi connectivity index (χ3v) is 3.18. The molecule has 1 fully saturated rings. The van der Waals surface area contributed by atoms with Crippen molar-refractivity contribution in [2.24, 2.45) is 5.92 Å². The van der Waals surface area contributed by atoms with E-state index in [0.717, 1.165) is 24.6 Å². The van der Waals surface area contributed by atoms with Gasteiger partial charge in [0.25, 0.3) is 0 Å². The molecule has 1 aromatic rings. The number of hydrogen-bond donors (Lipinski definition) is 1. The van der Waals surface area contributed by atoms with E-state index < -0.39 is 11.7 Å². The second-order valence-corrected chi connectivity index (χ2v) is 4.58. The zero-order chi connectivity index (χ0) is 14.0. The summed E-state index contributed by atoms with van der Waals surface area (Å²) in [5, 5.41) is 0. The molecule has 0 amide bonds. The fraction of sp³-hybridized carbons (Fsp3) is 0.462. The van der Waals surface area contributed by atoms with E-state index in [-0.39, 0.29) is 23.0 Å². The predicted molar refractivity (Wildman–Crippen MR) is 63.7 cm³/mol. The average molecular weight is 273 g/mol. The molecule has 1 aromatic carbocycles. The van der Waals surface area contributed by atoms with Crippen molar-refractivity contribution in [1.82, 2.24) is 0 Å². The quantitative estimate of drug-likeness (QED) is 0.666. The van der Waals surface area contributed by atoms with Crippen LogP contribution in [0.1, 0.15) is 28.8 Å². The van der Waals surface area contributed by atoms with E-state index in [4.69, 9.17) is 10.5 Å². The average Bonchev–Trinajstić information content (AvgIpc) is 2.38. The Hall–Kier alpha value is -1.56. The number of carbonyl (C=O) groups is 1. The lowest BCUT2D eigenvalue weighted by Gasteiger charge is -2.21. The first-order chi connectivity index (χ1) is 8.89. The van der Waals surface area contributed by atoms with Crippen molar-refractivity contribution in [3.05, 3.63) is 29.3 Å². The predicted octanol–water partition coefficient (Wildman–Crippen LogP) is 2.90. The van der Waals surface area contributed by atoms with E-state index in [1.54, 1.807) is 0 Å². The summed E-state index contributed by atoms with van der Waals surface area (Å²) in [4.78, 5) is 12.1. The van der Waals surface area contributed by atoms with Crippen molar-refractivity contribution in [3.63, 3.8) is 0 Å². The van der Waals surface area contributed by atoms with Gasteiger partial charge in [-0.15, -0.1) is 0 Å². The molecular weight excluding hydrogens is 259 g/mol. The molecule has 6 heteroatoms. The Morgan fingerprint density at radius 1 is 1.37 bits per heavy atom. The van der Waals surface area contributed by atoms with Crippen LogP contribution in [0.2, 0.25) is 0 Å². The molecule has 1 aliphatic heterocycles. The number of alkyl halides is 3. The summed E-state index contributed by atoms with van der Waals surface area (Å²) < 4.78 is 42.7. The molecule has 0 radical (unpaired) electrons. The van der Waals surface area contributed by atoms with Crippen LogP contribution in [0, 0.1) is 5.92 Å². The van der Waals surface area contributed by atoms with E-state index >= 15 is 0 Å². The molecule has 3 nitrogen and oxygen atoms in total. The Balaban J connectivity index is 2.23. The third-order valence-electron chi connectivity index (χ3n) is 3.18. The lowest BCUT2D eigenvalue weighted by molar-refractivity contribution is -0.137. The van der Waals surface area contributed by atoms with Crippen molar-refractivity contribution < 1.29 is 22.7 Å². The highest BCUT2D eigenvalue weighted by Gasteiger charge is 2.32. The van der Waals surface area contributed by atoms with Gasteiger partial charge in [0.1, 0.15) is 0 Å². The fourth-order valence-corrected chi connectivity index (χ4v) is 2.13. The van der Waals surface area contributed by atoms with Crippen LogP contribution in [-0.4, -0.2) is 19.0 Å². The maximum atomic E-state index is 12.5. The summed E-state index contributed by atoms with van der Waals surface area (Å²) in [6.07, 6.45) is -3.00. The van der Waals surface area contributed by atoms with Crippen LogP contribution in [0.5, 0.6) is 0 Å². The number of ether oxygens (including phenoxy) is 1. The molecule has 0 aliphatic carbocycles. The summed E-state index contributed by atoms with van der Waals surface area (Å²) in [7, 11) is 0. The van der Waals surface area contributed by atoms with Gasteiger partial charge < -0.3 is 10.5 Å². The molecule has 1 saturated heterocycles. The van der Waals surface area contributed by atoms with Crippen LogP contribution in [0.15, 0.2) is 18.2 Å². The molecule has 1 unspecified atom stereocenters. The zero-order valence-electron chi connectivity index (χ0n) is 10.2. The van der Waals surface area contributed by atoms with Crippen LogP contribution in [0.25, 0.3) is 0 Å². The number of benzene rings is 1. The van der Waals surface area contributed by atoms with Gasteiger partial charge in [0.2, 0.25) is 0 Å². The maximum absolute atomic E-state index is 12.5. The first-order valence-electron chi connectivity index (χ1n) is 5.98. The van der Waals surface area contributed by atoms with E-state index in [9.17, 15) is 18.0 Å². The van der Waals surface area contributed by atoms with Crippen LogP contribution in [0.3, 0.4) is 0 Å². The Bertz CT molecular complexity index is 479. The van der Waals surface area contributed by atoms with E-state index in [2.05, 4.69) is 0 Å². The van der Waals surface area contributed by atoms with Crippen molar-refractivity contribution in [3.8, 4) is 0 Å². The number of carbonyl (C=O) groups excluding carboxylic acids is 1. The second kappa shape index (κ2) is 5.21. The highest BCUT2D eigenvalue weighted by Crippen LogP contribution is 2.32. The molecule has 0 spiro atoms. The summed E-state index contributed by atoms with van der Waals surface area (Å²) in [6.45, 7) is 0.922. The Morgan fingerprint density at radius 3 is 2.63 bits per heavy atom. The minimum atomic E-state index is -4.45. The van der Waals surface area contributed by atoms with Gasteiger partial charge in [-0.25, -0.2) is 0 Å². The highest BCUT2D eigenvalue weighted by molar-refractivity contribution is 6.02. The summed E-state index contributed by atoms with van der Waals surface area (Å²) >= 11 is 0. The molecule has 1 heterocycles. The number of anilines is 1. The van der Waals surface area contributed by atoms with Crippen molar-refractivity contribution in [2.45, 2.75) is 19.0 Å². The SMILES string of the molecule is Nc1cc(C(F)(F)F)ccc1C(=O)C1CCCOC1. The molecule has 1 atom stereocenters. The molecular formula is C13H14F3NO2. The number of nitrogens with two attached hydrogens (primary N) is 1. The maximum Gasteiger partial charge on any atom is 0.416 e. The smallest absolute Gasteiger partial charge is 0.398 e. The lowest BCUT2D eigenvalue weighted by atomic mass is 9.91. The number of halogens is 3. The first-order valence-corrected chi connectivity index (χ1v) is 5.98. The van der Waals surface area contributed by atoms with Crippen LogP contribution in [-0.2, 0) is 10.9 Å². The monoisotopic (exact) mass is 273 g/mol. The van der Waals surface area contributed by atoms with Crippen molar-refractivity contribution in [1.29, 1.82) is 0 Å². The summed E-state index contributed by atoms with van der Waals surface area (Å²) in [5.74, 6) is -0.557. The number of rotatable bonds is 2.